The van der Waals surface area contributed by atoms with Gasteiger partial charge in [-0.05, 0) is 43.3 Å². The van der Waals surface area contributed by atoms with Crippen molar-refractivity contribution in [2.75, 3.05) is 24.8 Å². The molecule has 7 nitrogen and oxygen atoms in total. The molecule has 2 aromatic carbocycles. The number of nitrogens with two attached hydrogens (primary N) is 1. The molecule has 0 saturated carbocycles. The zero-order valence-corrected chi connectivity index (χ0v) is 14.6. The van der Waals surface area contributed by atoms with E-state index < -0.39 is 5.97 Å². The van der Waals surface area contributed by atoms with Crippen LogP contribution in [0.25, 0.3) is 5.69 Å². The van der Waals surface area contributed by atoms with Gasteiger partial charge in [0, 0.05) is 5.69 Å². The number of hydrogen-bond acceptors (Lipinski definition) is 6. The lowest BCUT2D eigenvalue weighted by Gasteiger charge is -2.07. The van der Waals surface area contributed by atoms with Gasteiger partial charge in [-0.3, -0.25) is 0 Å². The smallest absolute Gasteiger partial charge is 0.345 e. The molecule has 3 rings (SSSR count). The number of para-hydroxylation sites is 1. The Hall–Kier alpha value is -3.48. The fraction of sp³-hybridized carbons (Fsp3) is 0.158. The molecule has 0 amide bonds. The normalized spacial score (nSPS) is 10.4. The molecule has 3 N–H and O–H groups in total. The number of nitrogen functional groups attached to an aromatic ring is 1. The first-order valence-electron chi connectivity index (χ1n) is 8.16. The molecule has 0 aliphatic heterocycles. The maximum Gasteiger partial charge on any atom is 0.345 e. The van der Waals surface area contributed by atoms with Crippen LogP contribution in [0.1, 0.15) is 17.3 Å². The average Bonchev–Trinajstić information content (AvgIpc) is 2.99. The van der Waals surface area contributed by atoms with Crippen LogP contribution in [0.4, 0.5) is 17.3 Å². The number of aromatic nitrogens is 2. The van der Waals surface area contributed by atoms with Crippen molar-refractivity contribution in [3.05, 3.63) is 60.2 Å². The summed E-state index contributed by atoms with van der Waals surface area (Å²) in [7, 11) is 1.60. The minimum Gasteiger partial charge on any atom is -0.497 e. The van der Waals surface area contributed by atoms with Gasteiger partial charge in [0.25, 0.3) is 0 Å². The first kappa shape index (κ1) is 17.3. The van der Waals surface area contributed by atoms with Gasteiger partial charge in [-0.15, -0.1) is 5.10 Å². The number of nitrogens with zero attached hydrogens (tertiary/aromatic N) is 2. The van der Waals surface area contributed by atoms with E-state index in [1.54, 1.807) is 14.0 Å². The molecular formula is C19H20N4O3. The molecule has 0 unspecified atom stereocenters. The Balaban J connectivity index is 2.02. The van der Waals surface area contributed by atoms with Crippen molar-refractivity contribution in [2.45, 2.75) is 6.92 Å². The van der Waals surface area contributed by atoms with Crippen LogP contribution in [0, 0.1) is 0 Å². The molecule has 26 heavy (non-hydrogen) atoms. The highest BCUT2D eigenvalue weighted by molar-refractivity contribution is 6.00. The van der Waals surface area contributed by atoms with Gasteiger partial charge in [-0.1, -0.05) is 18.2 Å². The Morgan fingerprint density at radius 1 is 1.15 bits per heavy atom. The molecule has 1 aromatic heterocycles. The zero-order chi connectivity index (χ0) is 18.5. The number of carbonyl (C=O) groups is 1. The third kappa shape index (κ3) is 3.46. The van der Waals surface area contributed by atoms with Gasteiger partial charge in [0.2, 0.25) is 0 Å². The predicted octanol–water partition coefficient (Wildman–Crippen LogP) is 3.38. The van der Waals surface area contributed by atoms with Crippen molar-refractivity contribution in [1.82, 2.24) is 9.78 Å². The van der Waals surface area contributed by atoms with Crippen LogP contribution in [0.2, 0.25) is 0 Å². The second kappa shape index (κ2) is 7.60. The van der Waals surface area contributed by atoms with Crippen LogP contribution in [0.3, 0.4) is 0 Å². The van der Waals surface area contributed by atoms with E-state index in [9.17, 15) is 4.79 Å². The number of nitrogens with one attached hydrogen (secondary N) is 1. The van der Waals surface area contributed by atoms with E-state index in [0.717, 1.165) is 17.1 Å². The summed E-state index contributed by atoms with van der Waals surface area (Å²) in [6.45, 7) is 1.99. The van der Waals surface area contributed by atoms with Crippen LogP contribution in [0.15, 0.2) is 54.6 Å². The summed E-state index contributed by atoms with van der Waals surface area (Å²) in [6.07, 6.45) is 0. The molecule has 0 fully saturated rings. The quantitative estimate of drug-likeness (QED) is 0.661. The lowest BCUT2D eigenvalue weighted by Crippen LogP contribution is -2.10. The second-order valence-electron chi connectivity index (χ2n) is 5.43. The Bertz CT molecular complexity index is 889. The number of rotatable bonds is 6. The molecule has 0 saturated heterocycles. The Labute approximate surface area is 151 Å². The fourth-order valence-electron chi connectivity index (χ4n) is 2.50. The number of esters is 1. The number of carbonyl (C=O) groups excluding carboxylic acids is 1. The minimum atomic E-state index is -0.525. The largest absolute Gasteiger partial charge is 0.497 e. The molecule has 3 aromatic rings. The molecule has 0 aliphatic carbocycles. The highest BCUT2D eigenvalue weighted by Gasteiger charge is 2.24. The lowest BCUT2D eigenvalue weighted by atomic mass is 10.2. The van der Waals surface area contributed by atoms with Gasteiger partial charge in [-0.25, -0.2) is 9.48 Å². The summed E-state index contributed by atoms with van der Waals surface area (Å²) in [5.74, 6) is 0.749. The summed E-state index contributed by atoms with van der Waals surface area (Å²) in [5, 5.41) is 7.60. The monoisotopic (exact) mass is 352 g/mol. The maximum atomic E-state index is 12.4. The molecule has 7 heteroatoms. The number of hydrogen-bond donors (Lipinski definition) is 2. The SMILES string of the molecule is CCOC(=O)c1c(Nc2ccc(OC)cc2)nn(-c2ccccc2)c1N. The first-order chi connectivity index (χ1) is 12.6. The van der Waals surface area contributed by atoms with Crippen molar-refractivity contribution < 1.29 is 14.3 Å². The summed E-state index contributed by atoms with van der Waals surface area (Å²) in [6, 6.07) is 16.6. The highest BCUT2D eigenvalue weighted by atomic mass is 16.5. The van der Waals surface area contributed by atoms with Crippen LogP contribution in [-0.4, -0.2) is 29.5 Å². The molecule has 0 spiro atoms. The average molecular weight is 352 g/mol. The molecule has 0 atom stereocenters. The zero-order valence-electron chi connectivity index (χ0n) is 14.6. The third-order valence-electron chi connectivity index (χ3n) is 3.75. The van der Waals surface area contributed by atoms with Gasteiger partial charge in [0.1, 0.15) is 17.1 Å². The van der Waals surface area contributed by atoms with Crippen molar-refractivity contribution in [3.8, 4) is 11.4 Å². The Kier molecular flexibility index (Phi) is 5.07. The molecule has 134 valence electrons. The number of methoxy groups -OCH3 is 1. The van der Waals surface area contributed by atoms with Crippen molar-refractivity contribution >= 4 is 23.3 Å². The van der Waals surface area contributed by atoms with E-state index >= 15 is 0 Å². The lowest BCUT2D eigenvalue weighted by molar-refractivity contribution is 0.0529. The van der Waals surface area contributed by atoms with Crippen LogP contribution in [-0.2, 0) is 4.74 Å². The highest BCUT2D eigenvalue weighted by Crippen LogP contribution is 2.29. The van der Waals surface area contributed by atoms with Crippen LogP contribution >= 0.6 is 0 Å². The fourth-order valence-corrected chi connectivity index (χ4v) is 2.50. The Morgan fingerprint density at radius 2 is 1.85 bits per heavy atom. The van der Waals surface area contributed by atoms with Crippen molar-refractivity contribution in [2.24, 2.45) is 0 Å². The molecular weight excluding hydrogens is 332 g/mol. The minimum absolute atomic E-state index is 0.200. The van der Waals surface area contributed by atoms with Gasteiger partial charge < -0.3 is 20.5 Å². The summed E-state index contributed by atoms with van der Waals surface area (Å²) in [4.78, 5) is 12.4. The second-order valence-corrected chi connectivity index (χ2v) is 5.43. The standard InChI is InChI=1S/C19H20N4O3/c1-3-26-19(24)16-17(20)23(14-7-5-4-6-8-14)22-18(16)21-13-9-11-15(25-2)12-10-13/h4-12H,3,20H2,1-2H3,(H,21,22). The molecule has 0 radical (unpaired) electrons. The summed E-state index contributed by atoms with van der Waals surface area (Å²) < 4.78 is 11.8. The van der Waals surface area contributed by atoms with Gasteiger partial charge >= 0.3 is 5.97 Å². The maximum absolute atomic E-state index is 12.4. The van der Waals surface area contributed by atoms with Crippen LogP contribution in [0.5, 0.6) is 5.75 Å². The number of ether oxygens (including phenoxy) is 2. The van der Waals surface area contributed by atoms with Gasteiger partial charge in [0.15, 0.2) is 5.82 Å². The van der Waals surface area contributed by atoms with Gasteiger partial charge in [0.05, 0.1) is 19.4 Å². The molecule has 1 heterocycles. The van der Waals surface area contributed by atoms with E-state index in [4.69, 9.17) is 15.2 Å². The Morgan fingerprint density at radius 3 is 2.46 bits per heavy atom. The molecule has 0 aliphatic rings. The van der Waals surface area contributed by atoms with Gasteiger partial charge in [-0.2, -0.15) is 0 Å². The first-order valence-corrected chi connectivity index (χ1v) is 8.16. The topological polar surface area (TPSA) is 91.4 Å². The van der Waals surface area contributed by atoms with E-state index in [2.05, 4.69) is 10.4 Å². The molecule has 0 bridgehead atoms. The van der Waals surface area contributed by atoms with Crippen molar-refractivity contribution in [3.63, 3.8) is 0 Å². The summed E-state index contributed by atoms with van der Waals surface area (Å²) >= 11 is 0. The van der Waals surface area contributed by atoms with Crippen LogP contribution < -0.4 is 15.8 Å². The summed E-state index contributed by atoms with van der Waals surface area (Å²) in [5.41, 5.74) is 7.90. The number of benzene rings is 2. The van der Waals surface area contributed by atoms with Crippen molar-refractivity contribution in [1.29, 1.82) is 0 Å². The third-order valence-corrected chi connectivity index (χ3v) is 3.75. The van der Waals surface area contributed by atoms with E-state index in [0.29, 0.717) is 5.82 Å². The number of anilines is 3. The van der Waals surface area contributed by atoms with E-state index in [1.807, 2.05) is 54.6 Å². The van der Waals surface area contributed by atoms with E-state index in [-0.39, 0.29) is 18.0 Å². The van der Waals surface area contributed by atoms with E-state index in [1.165, 1.54) is 4.68 Å². The predicted molar refractivity (Wildman–Crippen MR) is 100 cm³/mol.